The van der Waals surface area contributed by atoms with Gasteiger partial charge in [0.2, 0.25) is 0 Å². The Morgan fingerprint density at radius 1 is 1.44 bits per heavy atom. The number of hydrogen-bond acceptors (Lipinski definition) is 3. The predicted molar refractivity (Wildman–Crippen MR) is 71.1 cm³/mol. The maximum Gasteiger partial charge on any atom is 0.0792 e. The van der Waals surface area contributed by atoms with Gasteiger partial charge in [-0.3, -0.25) is 0 Å². The third kappa shape index (κ3) is 3.30. The van der Waals surface area contributed by atoms with Gasteiger partial charge in [0.25, 0.3) is 0 Å². The third-order valence-corrected chi connectivity index (χ3v) is 3.65. The molecule has 16 heavy (non-hydrogen) atoms. The Hall–Kier alpha value is -0.380. The summed E-state index contributed by atoms with van der Waals surface area (Å²) in [6.45, 7) is 9.39. The Bertz CT molecular complexity index is 309. The molecule has 1 aromatic rings. The van der Waals surface area contributed by atoms with Crippen LogP contribution in [0.3, 0.4) is 0 Å². The first-order chi connectivity index (χ1) is 7.60. The van der Waals surface area contributed by atoms with Crippen LogP contribution >= 0.6 is 11.3 Å². The zero-order valence-corrected chi connectivity index (χ0v) is 11.7. The topological polar surface area (TPSA) is 21.3 Å². The largest absolute Gasteiger partial charge is 0.376 e. The average molecular weight is 241 g/mol. The number of nitrogens with one attached hydrogen (secondary N) is 1. The number of ether oxygens (including phenoxy) is 1. The Kier molecular flexibility index (Phi) is 5.46. The maximum absolute atomic E-state index is 5.86. The van der Waals surface area contributed by atoms with E-state index < -0.39 is 0 Å². The van der Waals surface area contributed by atoms with E-state index in [9.17, 15) is 0 Å². The molecule has 0 aromatic carbocycles. The fraction of sp³-hybridized carbons (Fsp3) is 0.692. The van der Waals surface area contributed by atoms with Crippen molar-refractivity contribution >= 4 is 11.3 Å². The maximum atomic E-state index is 5.86. The standard InChI is InChI=1S/C13H23NOS/c1-6-15-13(9(2)3)12(14-5)11-7-10(4)16-8-11/h7-9,12-14H,6H2,1-5H3. The lowest BCUT2D eigenvalue weighted by molar-refractivity contribution is 0.00469. The summed E-state index contributed by atoms with van der Waals surface area (Å²) < 4.78 is 5.86. The van der Waals surface area contributed by atoms with Crippen LogP contribution in [0.5, 0.6) is 0 Å². The molecule has 0 amide bonds. The summed E-state index contributed by atoms with van der Waals surface area (Å²) in [5.41, 5.74) is 1.34. The van der Waals surface area contributed by atoms with E-state index in [1.807, 2.05) is 7.05 Å². The first-order valence-corrected chi connectivity index (χ1v) is 6.82. The minimum atomic E-state index is 0.240. The van der Waals surface area contributed by atoms with E-state index in [4.69, 9.17) is 4.74 Å². The second-order valence-electron chi connectivity index (χ2n) is 4.42. The number of aryl methyl sites for hydroxylation is 1. The smallest absolute Gasteiger partial charge is 0.0792 e. The SMILES string of the molecule is CCOC(C(C)C)C(NC)c1csc(C)c1. The molecule has 1 aromatic heterocycles. The van der Waals surface area contributed by atoms with Crippen LogP contribution in [0.25, 0.3) is 0 Å². The highest BCUT2D eigenvalue weighted by Gasteiger charge is 2.25. The fourth-order valence-corrected chi connectivity index (χ4v) is 2.75. The monoisotopic (exact) mass is 241 g/mol. The van der Waals surface area contributed by atoms with Crippen LogP contribution in [-0.4, -0.2) is 19.8 Å². The molecule has 0 aliphatic rings. The number of hydrogen-bond donors (Lipinski definition) is 1. The van der Waals surface area contributed by atoms with E-state index in [-0.39, 0.29) is 6.10 Å². The van der Waals surface area contributed by atoms with Gasteiger partial charge in [-0.15, -0.1) is 11.3 Å². The van der Waals surface area contributed by atoms with Crippen molar-refractivity contribution in [1.29, 1.82) is 0 Å². The average Bonchev–Trinajstić information content (AvgIpc) is 2.64. The Morgan fingerprint density at radius 2 is 2.12 bits per heavy atom. The summed E-state index contributed by atoms with van der Waals surface area (Å²) in [6, 6.07) is 2.55. The zero-order valence-electron chi connectivity index (χ0n) is 10.9. The molecule has 2 nitrogen and oxygen atoms in total. The first-order valence-electron chi connectivity index (χ1n) is 5.94. The molecule has 1 N–H and O–H groups in total. The highest BCUT2D eigenvalue weighted by Crippen LogP contribution is 2.27. The van der Waals surface area contributed by atoms with Crippen LogP contribution in [0.4, 0.5) is 0 Å². The van der Waals surface area contributed by atoms with E-state index in [0.717, 1.165) is 6.61 Å². The summed E-state index contributed by atoms with van der Waals surface area (Å²) in [6.07, 6.45) is 0.240. The Labute approximate surface area is 103 Å². The van der Waals surface area contributed by atoms with E-state index in [1.54, 1.807) is 11.3 Å². The second kappa shape index (κ2) is 6.38. The number of likely N-dealkylation sites (N-methyl/N-ethyl adjacent to an activating group) is 1. The van der Waals surface area contributed by atoms with Gasteiger partial charge in [-0.1, -0.05) is 13.8 Å². The van der Waals surface area contributed by atoms with Crippen molar-refractivity contribution in [3.8, 4) is 0 Å². The van der Waals surface area contributed by atoms with Crippen LogP contribution in [-0.2, 0) is 4.74 Å². The molecular weight excluding hydrogens is 218 g/mol. The van der Waals surface area contributed by atoms with Crippen LogP contribution in [0.15, 0.2) is 11.4 Å². The Balaban J connectivity index is 2.85. The van der Waals surface area contributed by atoms with Gasteiger partial charge in [0, 0.05) is 11.5 Å². The van der Waals surface area contributed by atoms with Crippen molar-refractivity contribution in [2.45, 2.75) is 39.8 Å². The van der Waals surface area contributed by atoms with Gasteiger partial charge in [0.1, 0.15) is 0 Å². The molecule has 0 radical (unpaired) electrons. The normalized spacial score (nSPS) is 15.4. The Morgan fingerprint density at radius 3 is 2.50 bits per heavy atom. The lowest BCUT2D eigenvalue weighted by Crippen LogP contribution is -2.35. The lowest BCUT2D eigenvalue weighted by atomic mass is 9.95. The van der Waals surface area contributed by atoms with Gasteiger partial charge in [0.05, 0.1) is 12.1 Å². The van der Waals surface area contributed by atoms with Gasteiger partial charge >= 0.3 is 0 Å². The molecule has 0 saturated carbocycles. The summed E-state index contributed by atoms with van der Waals surface area (Å²) >= 11 is 1.80. The van der Waals surface area contributed by atoms with Crippen LogP contribution in [0, 0.1) is 12.8 Å². The molecule has 0 aliphatic heterocycles. The molecule has 2 atom stereocenters. The van der Waals surface area contributed by atoms with E-state index in [1.165, 1.54) is 10.4 Å². The molecule has 92 valence electrons. The summed E-state index contributed by atoms with van der Waals surface area (Å²) in [7, 11) is 2.01. The van der Waals surface area contributed by atoms with E-state index in [0.29, 0.717) is 12.0 Å². The van der Waals surface area contributed by atoms with Crippen molar-refractivity contribution in [1.82, 2.24) is 5.32 Å². The molecule has 0 saturated heterocycles. The number of thiophene rings is 1. The van der Waals surface area contributed by atoms with Crippen molar-refractivity contribution in [2.24, 2.45) is 5.92 Å². The summed E-state index contributed by atoms with van der Waals surface area (Å²) in [5.74, 6) is 0.512. The molecule has 1 rings (SSSR count). The minimum absolute atomic E-state index is 0.240. The van der Waals surface area contributed by atoms with Crippen molar-refractivity contribution in [3.05, 3.63) is 21.9 Å². The molecule has 1 heterocycles. The minimum Gasteiger partial charge on any atom is -0.376 e. The highest BCUT2D eigenvalue weighted by molar-refractivity contribution is 7.10. The van der Waals surface area contributed by atoms with Crippen LogP contribution < -0.4 is 5.32 Å². The fourth-order valence-electron chi connectivity index (χ4n) is 2.01. The highest BCUT2D eigenvalue weighted by atomic mass is 32.1. The number of rotatable bonds is 6. The zero-order chi connectivity index (χ0) is 12.1. The van der Waals surface area contributed by atoms with Gasteiger partial charge in [0.15, 0.2) is 0 Å². The quantitative estimate of drug-likeness (QED) is 0.824. The van der Waals surface area contributed by atoms with Gasteiger partial charge in [-0.2, -0.15) is 0 Å². The molecule has 0 bridgehead atoms. The lowest BCUT2D eigenvalue weighted by Gasteiger charge is -2.29. The van der Waals surface area contributed by atoms with Crippen molar-refractivity contribution < 1.29 is 4.74 Å². The van der Waals surface area contributed by atoms with Crippen LogP contribution in [0.1, 0.15) is 37.3 Å². The van der Waals surface area contributed by atoms with Crippen LogP contribution in [0.2, 0.25) is 0 Å². The van der Waals surface area contributed by atoms with Crippen molar-refractivity contribution in [3.63, 3.8) is 0 Å². The van der Waals surface area contributed by atoms with E-state index >= 15 is 0 Å². The molecule has 0 fully saturated rings. The molecule has 0 aliphatic carbocycles. The first kappa shape index (κ1) is 13.7. The molecule has 2 unspecified atom stereocenters. The predicted octanol–water partition coefficient (Wildman–Crippen LogP) is 3.38. The molecule has 3 heteroatoms. The third-order valence-electron chi connectivity index (χ3n) is 2.77. The second-order valence-corrected chi connectivity index (χ2v) is 5.54. The van der Waals surface area contributed by atoms with Gasteiger partial charge in [-0.05, 0) is 43.8 Å². The van der Waals surface area contributed by atoms with Crippen molar-refractivity contribution in [2.75, 3.05) is 13.7 Å². The van der Waals surface area contributed by atoms with E-state index in [2.05, 4.69) is 44.5 Å². The van der Waals surface area contributed by atoms with Gasteiger partial charge in [-0.25, -0.2) is 0 Å². The van der Waals surface area contributed by atoms with Gasteiger partial charge < -0.3 is 10.1 Å². The molecular formula is C13H23NOS. The molecule has 0 spiro atoms. The summed E-state index contributed by atoms with van der Waals surface area (Å²) in [4.78, 5) is 1.36. The summed E-state index contributed by atoms with van der Waals surface area (Å²) in [5, 5.41) is 5.61.